The smallest absolute Gasteiger partial charge is 0.416 e. The number of nitriles is 1. The molecule has 0 aliphatic rings. The zero-order valence-corrected chi connectivity index (χ0v) is 13.9. The van der Waals surface area contributed by atoms with Crippen molar-refractivity contribution < 1.29 is 27.5 Å². The van der Waals surface area contributed by atoms with E-state index in [4.69, 9.17) is 15.7 Å². The largest absolute Gasteiger partial charge is 0.452 e. The first-order valence-corrected chi connectivity index (χ1v) is 7.27. The van der Waals surface area contributed by atoms with E-state index < -0.39 is 41.4 Å². The van der Waals surface area contributed by atoms with Crippen LogP contribution in [0.15, 0.2) is 18.2 Å². The molecular formula is C16H18F3N3O3. The number of esters is 1. The van der Waals surface area contributed by atoms with Crippen molar-refractivity contribution in [2.45, 2.75) is 32.5 Å². The predicted octanol–water partition coefficient (Wildman–Crippen LogP) is 2.50. The monoisotopic (exact) mass is 357 g/mol. The fourth-order valence-corrected chi connectivity index (χ4v) is 1.76. The number of rotatable bonds is 5. The summed E-state index contributed by atoms with van der Waals surface area (Å²) in [6.07, 6.45) is -4.59. The van der Waals surface area contributed by atoms with Crippen LogP contribution in [0.1, 0.15) is 36.7 Å². The van der Waals surface area contributed by atoms with Gasteiger partial charge in [-0.2, -0.15) is 18.4 Å². The fraction of sp³-hybridized carbons (Fsp3) is 0.438. The molecule has 25 heavy (non-hydrogen) atoms. The quantitative estimate of drug-likeness (QED) is 0.622. The lowest BCUT2D eigenvalue weighted by Crippen LogP contribution is -2.50. The van der Waals surface area contributed by atoms with E-state index >= 15 is 0 Å². The van der Waals surface area contributed by atoms with Gasteiger partial charge in [0, 0.05) is 5.69 Å². The third-order valence-electron chi connectivity index (χ3n) is 3.72. The van der Waals surface area contributed by atoms with Gasteiger partial charge in [-0.25, -0.2) is 4.79 Å². The minimum atomic E-state index is -4.59. The molecule has 1 aromatic rings. The summed E-state index contributed by atoms with van der Waals surface area (Å²) in [4.78, 5) is 23.7. The van der Waals surface area contributed by atoms with Crippen LogP contribution in [0, 0.1) is 17.2 Å². The zero-order chi connectivity index (χ0) is 19.4. The lowest BCUT2D eigenvalue weighted by atomic mass is 9.90. The van der Waals surface area contributed by atoms with Gasteiger partial charge in [0.2, 0.25) is 0 Å². The summed E-state index contributed by atoms with van der Waals surface area (Å²) in [5.41, 5.74) is 2.61. The fourth-order valence-electron chi connectivity index (χ4n) is 1.76. The second-order valence-electron chi connectivity index (χ2n) is 5.89. The Hall–Kier alpha value is -2.76. The number of carbonyl (C=O) groups is 2. The predicted molar refractivity (Wildman–Crippen MR) is 83.1 cm³/mol. The van der Waals surface area contributed by atoms with E-state index in [1.165, 1.54) is 6.92 Å². The molecule has 1 atom stereocenters. The Bertz CT molecular complexity index is 711. The molecule has 0 heterocycles. The summed E-state index contributed by atoms with van der Waals surface area (Å²) in [7, 11) is 0. The van der Waals surface area contributed by atoms with E-state index in [-0.39, 0.29) is 11.5 Å². The molecule has 1 aromatic carbocycles. The van der Waals surface area contributed by atoms with Crippen LogP contribution in [-0.4, -0.2) is 24.0 Å². The van der Waals surface area contributed by atoms with Crippen molar-refractivity contribution in [3.63, 3.8) is 0 Å². The highest BCUT2D eigenvalue weighted by atomic mass is 19.4. The topological polar surface area (TPSA) is 105 Å². The number of carbonyl (C=O) groups excluding carboxylic acids is 2. The van der Waals surface area contributed by atoms with E-state index in [0.29, 0.717) is 12.1 Å². The lowest BCUT2D eigenvalue weighted by molar-refractivity contribution is -0.137. The number of ether oxygens (including phenoxy) is 1. The number of benzene rings is 1. The van der Waals surface area contributed by atoms with Crippen molar-refractivity contribution in [3.8, 4) is 6.07 Å². The highest BCUT2D eigenvalue weighted by Gasteiger charge is 2.32. The van der Waals surface area contributed by atoms with Gasteiger partial charge < -0.3 is 15.8 Å². The van der Waals surface area contributed by atoms with Gasteiger partial charge in [-0.3, -0.25) is 4.79 Å². The van der Waals surface area contributed by atoms with Crippen LogP contribution in [0.5, 0.6) is 0 Å². The maximum atomic E-state index is 12.6. The van der Waals surface area contributed by atoms with Gasteiger partial charge in [0.15, 0.2) is 6.61 Å². The lowest BCUT2D eigenvalue weighted by Gasteiger charge is -2.27. The number of hydrogen-bond acceptors (Lipinski definition) is 5. The van der Waals surface area contributed by atoms with Gasteiger partial charge in [-0.05, 0) is 31.0 Å². The number of nitrogens with one attached hydrogen (secondary N) is 1. The molecule has 0 spiro atoms. The first-order valence-electron chi connectivity index (χ1n) is 7.27. The Morgan fingerprint density at radius 1 is 1.36 bits per heavy atom. The van der Waals surface area contributed by atoms with Gasteiger partial charge in [-0.15, -0.1) is 0 Å². The molecule has 0 radical (unpaired) electrons. The Morgan fingerprint density at radius 2 is 1.96 bits per heavy atom. The standard InChI is InChI=1S/C16H18F3N3O3/c1-9(2)15(3,8-20)22-13(23)7-25-14(24)11-5-4-10(6-12(11)21)16(17,18)19/h4-6,9H,7,21H2,1-3H3,(H,22,23)/t15-/m1/s1. The van der Waals surface area contributed by atoms with Gasteiger partial charge in [0.25, 0.3) is 5.91 Å². The van der Waals surface area contributed by atoms with Crippen molar-refractivity contribution in [3.05, 3.63) is 29.3 Å². The molecule has 0 fully saturated rings. The number of halogens is 3. The van der Waals surface area contributed by atoms with Crippen molar-refractivity contribution in [1.82, 2.24) is 5.32 Å². The van der Waals surface area contributed by atoms with Crippen LogP contribution in [0.4, 0.5) is 18.9 Å². The molecular weight excluding hydrogens is 339 g/mol. The highest BCUT2D eigenvalue weighted by Crippen LogP contribution is 2.31. The number of nitrogens with two attached hydrogens (primary N) is 1. The van der Waals surface area contributed by atoms with Crippen LogP contribution >= 0.6 is 0 Å². The molecule has 6 nitrogen and oxygen atoms in total. The summed E-state index contributed by atoms with van der Waals surface area (Å²) >= 11 is 0. The second-order valence-corrected chi connectivity index (χ2v) is 5.89. The molecule has 1 amide bonds. The summed E-state index contributed by atoms with van der Waals surface area (Å²) in [6, 6.07) is 4.15. The molecule has 3 N–H and O–H groups in total. The molecule has 9 heteroatoms. The number of alkyl halides is 3. The van der Waals surface area contributed by atoms with Crippen LogP contribution in [0.2, 0.25) is 0 Å². The third-order valence-corrected chi connectivity index (χ3v) is 3.72. The Labute approximate surface area is 142 Å². The maximum absolute atomic E-state index is 12.6. The van der Waals surface area contributed by atoms with Crippen molar-refractivity contribution in [1.29, 1.82) is 5.26 Å². The molecule has 0 bridgehead atoms. The molecule has 0 saturated carbocycles. The van der Waals surface area contributed by atoms with E-state index in [0.717, 1.165) is 6.07 Å². The number of anilines is 1. The van der Waals surface area contributed by atoms with Gasteiger partial charge in [0.05, 0.1) is 17.2 Å². The SMILES string of the molecule is CC(C)[C@@](C)(C#N)NC(=O)COC(=O)c1ccc(C(F)(F)F)cc1N. The van der Waals surface area contributed by atoms with Crippen LogP contribution < -0.4 is 11.1 Å². The van der Waals surface area contributed by atoms with Crippen LogP contribution in [0.25, 0.3) is 0 Å². The first-order chi connectivity index (χ1) is 11.4. The number of amides is 1. The van der Waals surface area contributed by atoms with E-state index in [1.54, 1.807) is 13.8 Å². The normalized spacial score (nSPS) is 13.7. The minimum Gasteiger partial charge on any atom is -0.452 e. The maximum Gasteiger partial charge on any atom is 0.416 e. The van der Waals surface area contributed by atoms with Gasteiger partial charge in [0.1, 0.15) is 5.54 Å². The summed E-state index contributed by atoms with van der Waals surface area (Å²) in [6.45, 7) is 4.30. The van der Waals surface area contributed by atoms with Crippen LogP contribution in [-0.2, 0) is 15.7 Å². The third kappa shape index (κ3) is 5.11. The van der Waals surface area contributed by atoms with Crippen molar-refractivity contribution >= 4 is 17.6 Å². The zero-order valence-electron chi connectivity index (χ0n) is 13.9. The molecule has 0 aromatic heterocycles. The van der Waals surface area contributed by atoms with Gasteiger partial charge >= 0.3 is 12.1 Å². The van der Waals surface area contributed by atoms with Gasteiger partial charge in [-0.1, -0.05) is 13.8 Å². The molecule has 0 saturated heterocycles. The molecule has 136 valence electrons. The Balaban J connectivity index is 2.75. The van der Waals surface area contributed by atoms with Crippen molar-refractivity contribution in [2.75, 3.05) is 12.3 Å². The minimum absolute atomic E-state index is 0.192. The Kier molecular flexibility index (Phi) is 6.02. The van der Waals surface area contributed by atoms with E-state index in [9.17, 15) is 22.8 Å². The van der Waals surface area contributed by atoms with E-state index in [2.05, 4.69) is 5.32 Å². The first kappa shape index (κ1) is 20.3. The molecule has 0 aliphatic heterocycles. The van der Waals surface area contributed by atoms with Crippen molar-refractivity contribution in [2.24, 2.45) is 5.92 Å². The second kappa shape index (κ2) is 7.42. The molecule has 0 aliphatic carbocycles. The molecule has 1 rings (SSSR count). The average molecular weight is 357 g/mol. The number of nitrogens with zero attached hydrogens (tertiary/aromatic N) is 1. The highest BCUT2D eigenvalue weighted by molar-refractivity contribution is 5.96. The van der Waals surface area contributed by atoms with E-state index in [1.807, 2.05) is 6.07 Å². The average Bonchev–Trinajstić information content (AvgIpc) is 2.51. The number of nitrogen functional groups attached to an aromatic ring is 1. The van der Waals surface area contributed by atoms with Crippen LogP contribution in [0.3, 0.4) is 0 Å². The Morgan fingerprint density at radius 3 is 2.40 bits per heavy atom. The molecule has 0 unspecified atom stereocenters. The summed E-state index contributed by atoms with van der Waals surface area (Å²) in [5, 5.41) is 11.5. The summed E-state index contributed by atoms with van der Waals surface area (Å²) in [5.74, 6) is -1.94. The summed E-state index contributed by atoms with van der Waals surface area (Å²) < 4.78 is 42.4. The number of hydrogen-bond donors (Lipinski definition) is 2.